The molecule has 1 saturated carbocycles. The van der Waals surface area contributed by atoms with E-state index < -0.39 is 0 Å². The molecule has 0 bridgehead atoms. The predicted molar refractivity (Wildman–Crippen MR) is 63.6 cm³/mol. The van der Waals surface area contributed by atoms with Crippen LogP contribution in [-0.2, 0) is 0 Å². The van der Waals surface area contributed by atoms with Crippen molar-refractivity contribution in [3.8, 4) is 0 Å². The molecule has 0 aromatic carbocycles. The van der Waals surface area contributed by atoms with E-state index in [2.05, 4.69) is 17.1 Å². The van der Waals surface area contributed by atoms with Crippen LogP contribution < -0.4 is 0 Å². The fourth-order valence-electron chi connectivity index (χ4n) is 2.40. The SMILES string of the molecule is CCC1CCC(c2noc(C(C)Cl)n2)CC1. The van der Waals surface area contributed by atoms with Gasteiger partial charge in [0.25, 0.3) is 0 Å². The van der Waals surface area contributed by atoms with Gasteiger partial charge in [0, 0.05) is 5.92 Å². The van der Waals surface area contributed by atoms with E-state index in [0.717, 1.165) is 11.7 Å². The number of hydrogen-bond donors (Lipinski definition) is 0. The molecule has 1 unspecified atom stereocenters. The minimum absolute atomic E-state index is 0.187. The van der Waals surface area contributed by atoms with Gasteiger partial charge in [0.05, 0.1) is 0 Å². The minimum Gasteiger partial charge on any atom is -0.338 e. The molecule has 1 atom stereocenters. The first-order valence-corrected chi connectivity index (χ1v) is 6.62. The van der Waals surface area contributed by atoms with Crippen molar-refractivity contribution >= 4 is 11.6 Å². The van der Waals surface area contributed by atoms with Gasteiger partial charge >= 0.3 is 0 Å². The lowest BCUT2D eigenvalue weighted by atomic mass is 9.80. The average molecular weight is 243 g/mol. The second-order valence-corrected chi connectivity index (χ2v) is 5.39. The van der Waals surface area contributed by atoms with E-state index in [-0.39, 0.29) is 5.38 Å². The molecule has 1 aromatic heterocycles. The molecule has 2 rings (SSSR count). The molecule has 1 aromatic rings. The maximum absolute atomic E-state index is 5.90. The lowest BCUT2D eigenvalue weighted by Crippen LogP contribution is -2.13. The second kappa shape index (κ2) is 5.17. The normalized spacial score (nSPS) is 27.9. The van der Waals surface area contributed by atoms with Gasteiger partial charge in [-0.25, -0.2) is 0 Å². The first-order valence-electron chi connectivity index (χ1n) is 6.18. The molecule has 3 nitrogen and oxygen atoms in total. The Hall–Kier alpha value is -0.570. The quantitative estimate of drug-likeness (QED) is 0.751. The van der Waals surface area contributed by atoms with Gasteiger partial charge in [0.1, 0.15) is 5.38 Å². The molecule has 1 fully saturated rings. The summed E-state index contributed by atoms with van der Waals surface area (Å²) in [7, 11) is 0. The van der Waals surface area contributed by atoms with Crippen LogP contribution in [0.5, 0.6) is 0 Å². The van der Waals surface area contributed by atoms with Gasteiger partial charge in [-0.2, -0.15) is 4.98 Å². The Kier molecular flexibility index (Phi) is 3.85. The number of nitrogens with zero attached hydrogens (tertiary/aromatic N) is 2. The highest BCUT2D eigenvalue weighted by molar-refractivity contribution is 6.20. The van der Waals surface area contributed by atoms with Crippen LogP contribution in [-0.4, -0.2) is 10.1 Å². The van der Waals surface area contributed by atoms with Crippen molar-refractivity contribution < 1.29 is 4.52 Å². The topological polar surface area (TPSA) is 38.9 Å². The Bertz CT molecular complexity index is 330. The molecule has 0 radical (unpaired) electrons. The smallest absolute Gasteiger partial charge is 0.244 e. The predicted octanol–water partition coefficient (Wildman–Crippen LogP) is 4.05. The van der Waals surface area contributed by atoms with Gasteiger partial charge in [-0.15, -0.1) is 11.6 Å². The Morgan fingerprint density at radius 1 is 1.38 bits per heavy atom. The Balaban J connectivity index is 1.97. The standard InChI is InChI=1S/C12H19ClN2O/c1-3-9-4-6-10(7-5-9)11-14-12(8(2)13)16-15-11/h8-10H,3-7H2,1-2H3. The molecule has 0 spiro atoms. The summed E-state index contributed by atoms with van der Waals surface area (Å²) in [5.41, 5.74) is 0. The van der Waals surface area contributed by atoms with Crippen LogP contribution in [0.25, 0.3) is 0 Å². The van der Waals surface area contributed by atoms with Crippen LogP contribution in [0.2, 0.25) is 0 Å². The van der Waals surface area contributed by atoms with E-state index in [4.69, 9.17) is 16.1 Å². The highest BCUT2D eigenvalue weighted by Crippen LogP contribution is 2.36. The van der Waals surface area contributed by atoms with E-state index in [1.807, 2.05) is 6.92 Å². The van der Waals surface area contributed by atoms with E-state index in [1.54, 1.807) is 0 Å². The second-order valence-electron chi connectivity index (χ2n) is 4.73. The van der Waals surface area contributed by atoms with Crippen LogP contribution in [0.4, 0.5) is 0 Å². The van der Waals surface area contributed by atoms with Gasteiger partial charge in [-0.3, -0.25) is 0 Å². The summed E-state index contributed by atoms with van der Waals surface area (Å²) in [4.78, 5) is 4.37. The zero-order chi connectivity index (χ0) is 11.5. The lowest BCUT2D eigenvalue weighted by Gasteiger charge is -2.25. The summed E-state index contributed by atoms with van der Waals surface area (Å²) in [6, 6.07) is 0. The number of aromatic nitrogens is 2. The Morgan fingerprint density at radius 3 is 2.56 bits per heavy atom. The van der Waals surface area contributed by atoms with Gasteiger partial charge in [-0.05, 0) is 38.5 Å². The van der Waals surface area contributed by atoms with Crippen LogP contribution in [0.15, 0.2) is 4.52 Å². The third-order valence-electron chi connectivity index (χ3n) is 3.59. The van der Waals surface area contributed by atoms with Crippen molar-refractivity contribution in [3.63, 3.8) is 0 Å². The van der Waals surface area contributed by atoms with Gasteiger partial charge < -0.3 is 4.52 Å². The maximum Gasteiger partial charge on any atom is 0.244 e. The number of halogens is 1. The minimum atomic E-state index is -0.187. The van der Waals surface area contributed by atoms with E-state index >= 15 is 0 Å². The van der Waals surface area contributed by atoms with Crippen LogP contribution >= 0.6 is 11.6 Å². The van der Waals surface area contributed by atoms with Crippen molar-refractivity contribution in [2.45, 2.75) is 57.2 Å². The van der Waals surface area contributed by atoms with Crippen LogP contribution in [0, 0.1) is 5.92 Å². The molecule has 1 aliphatic carbocycles. The summed E-state index contributed by atoms with van der Waals surface area (Å²) >= 11 is 5.90. The molecule has 16 heavy (non-hydrogen) atoms. The first kappa shape index (κ1) is 11.9. The fourth-order valence-corrected chi connectivity index (χ4v) is 2.49. The van der Waals surface area contributed by atoms with E-state index in [9.17, 15) is 0 Å². The van der Waals surface area contributed by atoms with Crippen molar-refractivity contribution in [2.75, 3.05) is 0 Å². The molecule has 0 N–H and O–H groups in total. The van der Waals surface area contributed by atoms with Crippen molar-refractivity contribution in [3.05, 3.63) is 11.7 Å². The molecule has 4 heteroatoms. The average Bonchev–Trinajstić information content (AvgIpc) is 2.78. The summed E-state index contributed by atoms with van der Waals surface area (Å²) in [6.45, 7) is 4.12. The summed E-state index contributed by atoms with van der Waals surface area (Å²) in [6.07, 6.45) is 6.26. The van der Waals surface area contributed by atoms with Crippen LogP contribution in [0.1, 0.15) is 69.0 Å². The molecule has 0 aliphatic heterocycles. The molecular formula is C12H19ClN2O. The summed E-state index contributed by atoms with van der Waals surface area (Å²) in [5, 5.41) is 3.85. The highest BCUT2D eigenvalue weighted by atomic mass is 35.5. The number of hydrogen-bond acceptors (Lipinski definition) is 3. The third kappa shape index (κ3) is 2.57. The van der Waals surface area contributed by atoms with E-state index in [0.29, 0.717) is 11.8 Å². The molecule has 1 heterocycles. The zero-order valence-corrected chi connectivity index (χ0v) is 10.7. The highest BCUT2D eigenvalue weighted by Gasteiger charge is 2.25. The van der Waals surface area contributed by atoms with Crippen molar-refractivity contribution in [1.29, 1.82) is 0 Å². The maximum atomic E-state index is 5.90. The fraction of sp³-hybridized carbons (Fsp3) is 0.833. The van der Waals surface area contributed by atoms with Gasteiger partial charge in [0.2, 0.25) is 5.89 Å². The van der Waals surface area contributed by atoms with Gasteiger partial charge in [-0.1, -0.05) is 18.5 Å². The first-order chi connectivity index (χ1) is 7.70. The van der Waals surface area contributed by atoms with Gasteiger partial charge in [0.15, 0.2) is 5.82 Å². The Morgan fingerprint density at radius 2 is 2.06 bits per heavy atom. The summed E-state index contributed by atoms with van der Waals surface area (Å²) < 4.78 is 5.14. The zero-order valence-electron chi connectivity index (χ0n) is 9.95. The molecule has 90 valence electrons. The molecule has 0 saturated heterocycles. The summed E-state index contributed by atoms with van der Waals surface area (Å²) in [5.74, 6) is 2.79. The molecule has 1 aliphatic rings. The largest absolute Gasteiger partial charge is 0.338 e. The number of rotatable bonds is 3. The van der Waals surface area contributed by atoms with Crippen LogP contribution in [0.3, 0.4) is 0 Å². The van der Waals surface area contributed by atoms with Crippen molar-refractivity contribution in [2.24, 2.45) is 5.92 Å². The van der Waals surface area contributed by atoms with E-state index in [1.165, 1.54) is 32.1 Å². The molecule has 0 amide bonds. The number of alkyl halides is 1. The third-order valence-corrected chi connectivity index (χ3v) is 3.77. The van der Waals surface area contributed by atoms with Crippen molar-refractivity contribution in [1.82, 2.24) is 10.1 Å². The Labute approximate surface area is 102 Å². The molecular weight excluding hydrogens is 224 g/mol. The lowest BCUT2D eigenvalue weighted by molar-refractivity contribution is 0.303. The monoisotopic (exact) mass is 242 g/mol.